The summed E-state index contributed by atoms with van der Waals surface area (Å²) in [5.74, 6) is -2.23. The molecule has 96 valence electrons. The molecule has 0 radical (unpaired) electrons. The molecule has 1 aromatic heterocycles. The Kier molecular flexibility index (Phi) is 3.55. The highest BCUT2D eigenvalue weighted by atomic mass is 19.3. The van der Waals surface area contributed by atoms with E-state index in [-0.39, 0.29) is 18.8 Å². The van der Waals surface area contributed by atoms with Gasteiger partial charge in [-0.1, -0.05) is 0 Å². The SMILES string of the molecule is Cc1nc(C#N)cnc1CC1CCC(F)(F)CC1. The molecule has 18 heavy (non-hydrogen) atoms. The predicted octanol–water partition coefficient (Wildman–Crippen LogP) is 3.02. The summed E-state index contributed by atoms with van der Waals surface area (Å²) in [4.78, 5) is 8.32. The molecule has 3 nitrogen and oxygen atoms in total. The van der Waals surface area contributed by atoms with Crippen molar-refractivity contribution in [1.82, 2.24) is 9.97 Å². The summed E-state index contributed by atoms with van der Waals surface area (Å²) in [6.45, 7) is 1.81. The van der Waals surface area contributed by atoms with Gasteiger partial charge in [0.2, 0.25) is 5.92 Å². The molecule has 0 saturated heterocycles. The van der Waals surface area contributed by atoms with Gasteiger partial charge >= 0.3 is 0 Å². The Labute approximate surface area is 105 Å². The average molecular weight is 251 g/mol. The number of hydrogen-bond donors (Lipinski definition) is 0. The maximum atomic E-state index is 13.0. The summed E-state index contributed by atoms with van der Waals surface area (Å²) in [6.07, 6.45) is 3.14. The average Bonchev–Trinajstić information content (AvgIpc) is 2.34. The molecular weight excluding hydrogens is 236 g/mol. The van der Waals surface area contributed by atoms with Crippen molar-refractivity contribution < 1.29 is 8.78 Å². The number of aryl methyl sites for hydroxylation is 1. The minimum atomic E-state index is -2.48. The second-order valence-electron chi connectivity index (χ2n) is 4.90. The number of aromatic nitrogens is 2. The van der Waals surface area contributed by atoms with Gasteiger partial charge in [0.05, 0.1) is 17.6 Å². The molecule has 0 atom stereocenters. The van der Waals surface area contributed by atoms with Crippen molar-refractivity contribution >= 4 is 0 Å². The van der Waals surface area contributed by atoms with E-state index in [1.165, 1.54) is 6.20 Å². The van der Waals surface area contributed by atoms with Gasteiger partial charge in [-0.3, -0.25) is 4.98 Å². The minimum Gasteiger partial charge on any atom is -0.256 e. The zero-order valence-corrected chi connectivity index (χ0v) is 10.3. The summed E-state index contributed by atoms with van der Waals surface area (Å²) in [5, 5.41) is 8.70. The van der Waals surface area contributed by atoms with Crippen LogP contribution in [0.1, 0.15) is 42.8 Å². The Bertz CT molecular complexity index is 470. The highest BCUT2D eigenvalue weighted by Gasteiger charge is 2.35. The van der Waals surface area contributed by atoms with Crippen LogP contribution in [0.25, 0.3) is 0 Å². The fourth-order valence-electron chi connectivity index (χ4n) is 2.34. The molecule has 0 unspecified atom stereocenters. The predicted molar refractivity (Wildman–Crippen MR) is 62.1 cm³/mol. The third-order valence-electron chi connectivity index (χ3n) is 3.48. The number of nitriles is 1. The summed E-state index contributed by atoms with van der Waals surface area (Å²) in [6, 6.07) is 1.94. The van der Waals surface area contributed by atoms with Crippen LogP contribution in [0.5, 0.6) is 0 Å². The molecule has 1 fully saturated rings. The maximum Gasteiger partial charge on any atom is 0.248 e. The Balaban J connectivity index is 2.01. The zero-order valence-electron chi connectivity index (χ0n) is 10.3. The molecule has 1 aromatic rings. The molecule has 5 heteroatoms. The smallest absolute Gasteiger partial charge is 0.248 e. The van der Waals surface area contributed by atoms with Gasteiger partial charge in [-0.25, -0.2) is 13.8 Å². The Morgan fingerprint density at radius 2 is 2.11 bits per heavy atom. The van der Waals surface area contributed by atoms with Crippen LogP contribution in [0.15, 0.2) is 6.20 Å². The Morgan fingerprint density at radius 3 is 2.67 bits per heavy atom. The van der Waals surface area contributed by atoms with Crippen LogP contribution < -0.4 is 0 Å². The normalized spacial score (nSPS) is 19.4. The molecule has 2 rings (SSSR count). The van der Waals surface area contributed by atoms with Crippen LogP contribution >= 0.6 is 0 Å². The summed E-state index contributed by atoms with van der Waals surface area (Å²) >= 11 is 0. The van der Waals surface area contributed by atoms with Crippen LogP contribution in [0, 0.1) is 24.2 Å². The van der Waals surface area contributed by atoms with Crippen LogP contribution in [0.4, 0.5) is 8.78 Å². The van der Waals surface area contributed by atoms with E-state index < -0.39 is 5.92 Å². The summed E-state index contributed by atoms with van der Waals surface area (Å²) in [5.41, 5.74) is 1.85. The lowest BCUT2D eigenvalue weighted by Crippen LogP contribution is -2.25. The second kappa shape index (κ2) is 4.97. The van der Waals surface area contributed by atoms with E-state index in [1.807, 2.05) is 6.07 Å². The lowest BCUT2D eigenvalue weighted by atomic mass is 9.84. The van der Waals surface area contributed by atoms with Gasteiger partial charge in [0, 0.05) is 12.8 Å². The first-order chi connectivity index (χ1) is 8.50. The molecule has 1 aliphatic carbocycles. The quantitative estimate of drug-likeness (QED) is 0.811. The lowest BCUT2D eigenvalue weighted by Gasteiger charge is -2.28. The van der Waals surface area contributed by atoms with Gasteiger partial charge in [0.25, 0.3) is 0 Å². The van der Waals surface area contributed by atoms with E-state index in [1.54, 1.807) is 6.92 Å². The van der Waals surface area contributed by atoms with Gasteiger partial charge in [-0.15, -0.1) is 0 Å². The zero-order chi connectivity index (χ0) is 13.2. The molecule has 1 saturated carbocycles. The van der Waals surface area contributed by atoms with Crippen molar-refractivity contribution in [1.29, 1.82) is 5.26 Å². The van der Waals surface area contributed by atoms with Gasteiger partial charge in [0.15, 0.2) is 5.69 Å². The molecule has 0 aliphatic heterocycles. The fourth-order valence-corrected chi connectivity index (χ4v) is 2.34. The van der Waals surface area contributed by atoms with Crippen LogP contribution in [-0.4, -0.2) is 15.9 Å². The second-order valence-corrected chi connectivity index (χ2v) is 4.90. The molecule has 0 bridgehead atoms. The fraction of sp³-hybridized carbons (Fsp3) is 0.615. The number of nitrogens with zero attached hydrogens (tertiary/aromatic N) is 3. The number of rotatable bonds is 2. The largest absolute Gasteiger partial charge is 0.256 e. The van der Waals surface area contributed by atoms with E-state index in [2.05, 4.69) is 9.97 Å². The van der Waals surface area contributed by atoms with Crippen LogP contribution in [0.2, 0.25) is 0 Å². The van der Waals surface area contributed by atoms with E-state index in [0.29, 0.717) is 25.0 Å². The van der Waals surface area contributed by atoms with E-state index in [4.69, 9.17) is 5.26 Å². The van der Waals surface area contributed by atoms with E-state index in [9.17, 15) is 8.78 Å². The van der Waals surface area contributed by atoms with Gasteiger partial charge < -0.3 is 0 Å². The molecule has 0 spiro atoms. The lowest BCUT2D eigenvalue weighted by molar-refractivity contribution is -0.0457. The van der Waals surface area contributed by atoms with Gasteiger partial charge in [0.1, 0.15) is 6.07 Å². The van der Waals surface area contributed by atoms with Crippen molar-refractivity contribution in [2.45, 2.75) is 45.0 Å². The number of alkyl halides is 2. The van der Waals surface area contributed by atoms with Crippen molar-refractivity contribution in [3.8, 4) is 6.07 Å². The topological polar surface area (TPSA) is 49.6 Å². The number of halogens is 2. The first kappa shape index (κ1) is 12.9. The van der Waals surface area contributed by atoms with Gasteiger partial charge in [-0.2, -0.15) is 5.26 Å². The summed E-state index contributed by atoms with van der Waals surface area (Å²) in [7, 11) is 0. The number of hydrogen-bond acceptors (Lipinski definition) is 3. The van der Waals surface area contributed by atoms with Gasteiger partial charge in [-0.05, 0) is 32.1 Å². The highest BCUT2D eigenvalue weighted by Crippen LogP contribution is 2.37. The molecule has 1 heterocycles. The van der Waals surface area contributed by atoms with Crippen molar-refractivity contribution in [2.24, 2.45) is 5.92 Å². The molecule has 0 aromatic carbocycles. The first-order valence-electron chi connectivity index (χ1n) is 6.10. The minimum absolute atomic E-state index is 0.0274. The monoisotopic (exact) mass is 251 g/mol. The van der Waals surface area contributed by atoms with Crippen molar-refractivity contribution in [2.75, 3.05) is 0 Å². The Morgan fingerprint density at radius 1 is 1.44 bits per heavy atom. The first-order valence-corrected chi connectivity index (χ1v) is 6.10. The third-order valence-corrected chi connectivity index (χ3v) is 3.48. The molecule has 0 amide bonds. The highest BCUT2D eigenvalue weighted by molar-refractivity contribution is 5.21. The van der Waals surface area contributed by atoms with Crippen molar-refractivity contribution in [3.63, 3.8) is 0 Å². The molecule has 1 aliphatic rings. The van der Waals surface area contributed by atoms with Crippen LogP contribution in [-0.2, 0) is 6.42 Å². The third kappa shape index (κ3) is 3.00. The summed E-state index contributed by atoms with van der Waals surface area (Å²) < 4.78 is 26.1. The van der Waals surface area contributed by atoms with E-state index >= 15 is 0 Å². The van der Waals surface area contributed by atoms with Crippen LogP contribution in [0.3, 0.4) is 0 Å². The molecule has 0 N–H and O–H groups in total. The van der Waals surface area contributed by atoms with E-state index in [0.717, 1.165) is 11.4 Å². The maximum absolute atomic E-state index is 13.0. The standard InChI is InChI=1S/C13H15F2N3/c1-9-12(17-8-11(7-16)18-9)6-10-2-4-13(14,15)5-3-10/h8,10H,2-6H2,1H3. The Hall–Kier alpha value is -1.57. The van der Waals surface area contributed by atoms with Crippen molar-refractivity contribution in [3.05, 3.63) is 23.3 Å². The molecular formula is C13H15F2N3.